The van der Waals surface area contributed by atoms with Crippen LogP contribution in [0.25, 0.3) is 11.0 Å². The molecule has 42 nitrogen and oxygen atoms in total. The predicted octanol–water partition coefficient (Wildman–Crippen LogP) is -9.97. The molecule has 8 aliphatic rings. The molecule has 1 aromatic carbocycles. The fourth-order valence-corrected chi connectivity index (χ4v) is 16.0. The van der Waals surface area contributed by atoms with E-state index in [0.29, 0.717) is 24.9 Å². The molecule has 8 fully saturated rings. The zero-order valence-corrected chi connectivity index (χ0v) is 57.1. The number of amides is 8. The Hall–Kier alpha value is -11.7. The summed E-state index contributed by atoms with van der Waals surface area (Å²) in [4.78, 5) is 191. The van der Waals surface area contributed by atoms with E-state index in [1.165, 1.54) is 40.4 Å². The summed E-state index contributed by atoms with van der Waals surface area (Å²) in [6.07, 6.45) is -0.927. The lowest BCUT2D eigenvalue weighted by atomic mass is 10.1. The molecule has 9 heterocycles. The SMILES string of the molecule is CCN(CC)c1ccc2cc(C(=O)N3C[C@@H](N=C(N)N)C[C@H]3C(=O)N3CC(N=C(N)N)C[C@H]3C(=O)N3C[C@@H](N=C(N)N)C[C@H]3C(=O)N3C[C@@H](N=C(N)N)C[C@H]3C(=O)N3C[C@@H](N=C(N)N)C[C@H]3C(=O)N3C[C@@H](N=C(N)N)C[C@H]3C(=O)N3C[C@@H](N=C(N)N)C[C@H]3C(=O)N3CCC[C@H]3C(=O)O)c(=O)oc2c1. The Morgan fingerprint density at radius 2 is 0.680 bits per heavy atom. The number of guanidine groups is 7. The molecule has 0 bridgehead atoms. The highest BCUT2D eigenvalue weighted by Gasteiger charge is 2.57. The maximum atomic E-state index is 15.9. The Kier molecular flexibility index (Phi) is 21.8. The number of nitrogens with two attached hydrogens (primary N) is 14. The van der Waals surface area contributed by atoms with Gasteiger partial charge in [-0.1, -0.05) is 0 Å². The van der Waals surface area contributed by atoms with E-state index in [9.17, 15) is 24.3 Å². The van der Waals surface area contributed by atoms with Gasteiger partial charge in [0.25, 0.3) is 5.91 Å². The van der Waals surface area contributed by atoms with Crippen molar-refractivity contribution in [3.63, 3.8) is 0 Å². The first-order valence-corrected chi connectivity index (χ1v) is 33.8. The predicted molar refractivity (Wildman–Crippen MR) is 376 cm³/mol. The van der Waals surface area contributed by atoms with E-state index < -0.39 is 173 Å². The standard InChI is InChI=1S/C61H92N30O12/c1-3-83(4-2)34-8-7-26-10-35(54(102)103-44(26)18-34)45(92)85-19-27(76-55(62)63)12-38(85)47(94)87-21-29(78-57(66)67)14-40(87)49(96)89-23-31(80-59(70)71)16-42(89)51(98)91-25-33(82-61(74)75)17-43(91)52(99)90-24-32(81-60(72)73)15-41(90)50(97)88-22-30(79-58(68)69)13-39(88)48(95)86-20-28(77-56(64)65)11-37(86)46(93)84-9-5-6-36(84)53(100)101/h7-8,10,18,27-33,36-43H,3-6,9,11-17,19-25H2,1-2H3,(H,100,101)(H4,62,63,76)(H4,64,65,77)(H4,66,67,78)(H4,68,69,79)(H4,70,71,80)(H4,72,73,81)(H4,74,75,82)/t27-,28-,29?,30-,31-,32-,33-,36-,37-,38-,39-,40-,41-,42-,43-/m0/s1. The first kappa shape index (κ1) is 74.1. The fourth-order valence-electron chi connectivity index (χ4n) is 16.0. The van der Waals surface area contributed by atoms with Crippen molar-refractivity contribution in [1.29, 1.82) is 0 Å². The second-order valence-corrected chi connectivity index (χ2v) is 27.0. The molecular weight excluding hydrogens is 1340 g/mol. The van der Waals surface area contributed by atoms with Gasteiger partial charge in [-0.15, -0.1) is 0 Å². The van der Waals surface area contributed by atoms with Crippen LogP contribution in [-0.4, -0.2) is 295 Å². The summed E-state index contributed by atoms with van der Waals surface area (Å²) in [6.45, 7) is 3.26. The average Bonchev–Trinajstić information content (AvgIpc) is 1.68. The highest BCUT2D eigenvalue weighted by atomic mass is 16.4. The highest BCUT2D eigenvalue weighted by Crippen LogP contribution is 2.38. The zero-order valence-electron chi connectivity index (χ0n) is 57.1. The lowest BCUT2D eigenvalue weighted by Gasteiger charge is -2.37. The maximum Gasteiger partial charge on any atom is 0.349 e. The van der Waals surface area contributed by atoms with Crippen LogP contribution >= 0.6 is 0 Å². The molecule has 10 rings (SSSR count). The summed E-state index contributed by atoms with van der Waals surface area (Å²) in [7, 11) is 0. The van der Waals surface area contributed by atoms with Gasteiger partial charge >= 0.3 is 11.6 Å². The molecule has 103 heavy (non-hydrogen) atoms. The minimum absolute atomic E-state index is 0.0909. The van der Waals surface area contributed by atoms with Crippen molar-refractivity contribution in [3.8, 4) is 0 Å². The van der Waals surface area contributed by atoms with Crippen LogP contribution in [0.15, 0.2) is 68.4 Å². The fraction of sp³-hybridized carbons (Fsp3) is 0.590. The lowest BCUT2D eigenvalue weighted by Crippen LogP contribution is -2.59. The molecule has 0 saturated carbocycles. The Balaban J connectivity index is 0.962. The molecule has 42 heteroatoms. The third-order valence-electron chi connectivity index (χ3n) is 20.1. The van der Waals surface area contributed by atoms with Crippen molar-refractivity contribution in [1.82, 2.24) is 39.2 Å². The Labute approximate surface area is 589 Å². The van der Waals surface area contributed by atoms with E-state index in [2.05, 4.69) is 34.9 Å². The summed E-state index contributed by atoms with van der Waals surface area (Å²) in [6, 6.07) is -11.2. The van der Waals surface area contributed by atoms with Gasteiger partial charge in [0, 0.05) is 128 Å². The van der Waals surface area contributed by atoms with Gasteiger partial charge in [-0.3, -0.25) is 38.4 Å². The van der Waals surface area contributed by atoms with Crippen molar-refractivity contribution in [3.05, 3.63) is 40.2 Å². The number of carboxylic acids is 1. The van der Waals surface area contributed by atoms with Crippen LogP contribution in [0.1, 0.15) is 82.0 Å². The third kappa shape index (κ3) is 15.8. The van der Waals surface area contributed by atoms with Gasteiger partial charge in [0.15, 0.2) is 41.7 Å². The molecule has 0 radical (unpaired) electrons. The maximum absolute atomic E-state index is 15.9. The molecule has 1 unspecified atom stereocenters. The molecule has 29 N–H and O–H groups in total. The first-order chi connectivity index (χ1) is 48.7. The molecule has 1 aromatic heterocycles. The van der Waals surface area contributed by atoms with E-state index in [-0.39, 0.29) is 133 Å². The molecule has 8 saturated heterocycles. The van der Waals surface area contributed by atoms with Crippen molar-refractivity contribution in [2.24, 2.45) is 115 Å². The van der Waals surface area contributed by atoms with Crippen LogP contribution in [0.4, 0.5) is 5.69 Å². The number of aliphatic carboxylic acids is 1. The number of carbonyl (C=O) groups excluding carboxylic acids is 8. The summed E-state index contributed by atoms with van der Waals surface area (Å²) >= 11 is 0. The van der Waals surface area contributed by atoms with Gasteiger partial charge in [0.1, 0.15) is 59.5 Å². The third-order valence-corrected chi connectivity index (χ3v) is 20.1. The number of hydrogen-bond acceptors (Lipinski definition) is 19. The van der Waals surface area contributed by atoms with Gasteiger partial charge in [-0.2, -0.15) is 0 Å². The second kappa shape index (κ2) is 30.3. The summed E-state index contributed by atoms with van der Waals surface area (Å²) in [5.74, 6) is -10.4. The van der Waals surface area contributed by atoms with Crippen molar-refractivity contribution in [2.45, 2.75) is 162 Å². The van der Waals surface area contributed by atoms with E-state index in [1.54, 1.807) is 12.1 Å². The van der Waals surface area contributed by atoms with Gasteiger partial charge in [0.2, 0.25) is 41.4 Å². The number of benzene rings is 1. The summed E-state index contributed by atoms with van der Waals surface area (Å²) in [5.41, 5.74) is 82.1. The topological polar surface area (TPSA) is 684 Å². The minimum Gasteiger partial charge on any atom is -0.480 e. The first-order valence-electron chi connectivity index (χ1n) is 33.8. The molecule has 8 aliphatic heterocycles. The van der Waals surface area contributed by atoms with Crippen molar-refractivity contribution in [2.75, 3.05) is 70.3 Å². The number of carboxylic acid groups (broad SMARTS) is 1. The van der Waals surface area contributed by atoms with Crippen LogP contribution in [0, 0.1) is 0 Å². The van der Waals surface area contributed by atoms with Crippen LogP contribution in [0.3, 0.4) is 0 Å². The molecule has 15 atom stereocenters. The molecule has 8 amide bonds. The van der Waals surface area contributed by atoms with Crippen molar-refractivity contribution >= 4 is 112 Å². The van der Waals surface area contributed by atoms with Crippen LogP contribution in [0.2, 0.25) is 0 Å². The quantitative estimate of drug-likeness (QED) is 0.0353. The Morgan fingerprint density at radius 1 is 0.408 bits per heavy atom. The van der Waals surface area contributed by atoms with E-state index in [0.717, 1.165) is 10.6 Å². The number of aliphatic imine (C=N–C) groups is 7. The molecule has 0 aliphatic carbocycles. The Bertz CT molecular complexity index is 3960. The van der Waals surface area contributed by atoms with E-state index in [4.69, 9.17) is 84.7 Å². The molecular formula is C61H92N30O12. The lowest BCUT2D eigenvalue weighted by molar-refractivity contribution is -0.155. The van der Waals surface area contributed by atoms with E-state index in [1.807, 2.05) is 24.8 Å². The smallest absolute Gasteiger partial charge is 0.349 e. The number of likely N-dealkylation sites (tertiary alicyclic amines) is 8. The molecule has 2 aromatic rings. The number of nitrogens with zero attached hydrogens (tertiary/aromatic N) is 16. The highest BCUT2D eigenvalue weighted by molar-refractivity contribution is 6.03. The largest absolute Gasteiger partial charge is 0.480 e. The van der Waals surface area contributed by atoms with Gasteiger partial charge in [0.05, 0.1) is 42.3 Å². The van der Waals surface area contributed by atoms with Gasteiger partial charge < -0.3 is 134 Å². The minimum atomic E-state index is -1.52. The zero-order chi connectivity index (χ0) is 74.9. The molecule has 558 valence electrons. The van der Waals surface area contributed by atoms with Gasteiger partial charge in [-0.05, 0) is 44.9 Å². The van der Waals surface area contributed by atoms with Crippen LogP contribution in [-0.2, 0) is 38.4 Å². The van der Waals surface area contributed by atoms with Crippen molar-refractivity contribution < 1.29 is 52.7 Å². The van der Waals surface area contributed by atoms with Gasteiger partial charge in [-0.25, -0.2) is 44.5 Å². The Morgan fingerprint density at radius 3 is 0.951 bits per heavy atom. The van der Waals surface area contributed by atoms with Crippen LogP contribution < -0.4 is 90.8 Å². The molecule has 0 spiro atoms. The van der Waals surface area contributed by atoms with Crippen LogP contribution in [0.5, 0.6) is 0 Å². The normalized spacial score (nSPS) is 28.0. The number of rotatable bonds is 19. The second-order valence-electron chi connectivity index (χ2n) is 27.0. The summed E-state index contributed by atoms with van der Waals surface area (Å²) in [5, 5.41) is 10.5. The van der Waals surface area contributed by atoms with E-state index >= 15 is 28.8 Å². The number of carbonyl (C=O) groups is 9. The number of hydrogen-bond donors (Lipinski definition) is 15. The average molecular weight is 1440 g/mol. The number of anilines is 1. The number of fused-ring (bicyclic) bond motifs is 1. The summed E-state index contributed by atoms with van der Waals surface area (Å²) < 4.78 is 5.74. The monoisotopic (exact) mass is 1440 g/mol.